The number of aromatic nitrogens is 1. The van der Waals surface area contributed by atoms with Gasteiger partial charge in [0.2, 0.25) is 5.75 Å². The Balaban J connectivity index is 1.78. The lowest BCUT2D eigenvalue weighted by molar-refractivity contribution is 0.0729. The van der Waals surface area contributed by atoms with Crippen LogP contribution in [-0.4, -0.2) is 39.4 Å². The molecule has 0 saturated carbocycles. The lowest BCUT2D eigenvalue weighted by Crippen LogP contribution is -2.10. The zero-order valence-electron chi connectivity index (χ0n) is 18.3. The van der Waals surface area contributed by atoms with Crippen molar-refractivity contribution in [2.45, 2.75) is 12.8 Å². The predicted molar refractivity (Wildman–Crippen MR) is 121 cm³/mol. The van der Waals surface area contributed by atoms with Crippen LogP contribution in [0.3, 0.4) is 0 Å². The summed E-state index contributed by atoms with van der Waals surface area (Å²) >= 11 is 5.78. The van der Waals surface area contributed by atoms with Crippen LogP contribution in [0.2, 0.25) is 5.15 Å². The molecule has 32 heavy (non-hydrogen) atoms. The van der Waals surface area contributed by atoms with Gasteiger partial charge in [0.1, 0.15) is 5.15 Å². The van der Waals surface area contributed by atoms with E-state index < -0.39 is 5.97 Å². The highest BCUT2D eigenvalue weighted by Crippen LogP contribution is 2.38. The largest absolute Gasteiger partial charge is 0.493 e. The van der Waals surface area contributed by atoms with E-state index in [4.69, 9.17) is 35.3 Å². The van der Waals surface area contributed by atoms with Gasteiger partial charge in [-0.2, -0.15) is 0 Å². The van der Waals surface area contributed by atoms with Crippen LogP contribution in [0, 0.1) is 0 Å². The minimum Gasteiger partial charge on any atom is -0.493 e. The third-order valence-corrected chi connectivity index (χ3v) is 5.04. The van der Waals surface area contributed by atoms with E-state index in [9.17, 15) is 4.79 Å². The molecule has 3 rings (SSSR count). The number of nitrogens with zero attached hydrogens (tertiary/aromatic N) is 1. The minimum absolute atomic E-state index is 0.291. The fourth-order valence-corrected chi connectivity index (χ4v) is 3.29. The number of hydrogen-bond acceptors (Lipinski definition) is 7. The first-order valence-corrected chi connectivity index (χ1v) is 10.2. The first-order chi connectivity index (χ1) is 15.5. The molecule has 0 amide bonds. The summed E-state index contributed by atoms with van der Waals surface area (Å²) in [4.78, 5) is 16.4. The van der Waals surface area contributed by atoms with Crippen molar-refractivity contribution in [2.24, 2.45) is 0 Å². The van der Waals surface area contributed by atoms with Gasteiger partial charge in [-0.3, -0.25) is 0 Å². The monoisotopic (exact) mass is 457 g/mol. The number of methoxy groups -OCH3 is 4. The Kier molecular flexibility index (Phi) is 7.78. The molecule has 0 aliphatic rings. The maximum atomic E-state index is 12.5. The summed E-state index contributed by atoms with van der Waals surface area (Å²) in [5.74, 6) is 1.99. The third kappa shape index (κ3) is 5.42. The van der Waals surface area contributed by atoms with E-state index in [1.165, 1.54) is 19.4 Å². The summed E-state index contributed by atoms with van der Waals surface area (Å²) < 4.78 is 27.1. The molecular formula is C24H24ClNO6. The number of carbonyl (C=O) groups excluding carboxylic acids is 1. The Hall–Kier alpha value is -3.45. The average Bonchev–Trinajstić information content (AvgIpc) is 2.82. The van der Waals surface area contributed by atoms with Gasteiger partial charge in [-0.25, -0.2) is 9.78 Å². The fourth-order valence-electron chi connectivity index (χ4n) is 3.18. The number of halogens is 1. The van der Waals surface area contributed by atoms with Crippen LogP contribution < -0.4 is 23.7 Å². The van der Waals surface area contributed by atoms with Crippen LogP contribution in [0.1, 0.15) is 21.5 Å². The molecule has 7 nitrogen and oxygen atoms in total. The van der Waals surface area contributed by atoms with Crippen LogP contribution in [0.5, 0.6) is 28.7 Å². The third-order valence-electron chi connectivity index (χ3n) is 4.82. The lowest BCUT2D eigenvalue weighted by Gasteiger charge is -2.14. The maximum absolute atomic E-state index is 12.5. The van der Waals surface area contributed by atoms with Crippen LogP contribution in [0.25, 0.3) is 0 Å². The Morgan fingerprint density at radius 2 is 1.41 bits per heavy atom. The lowest BCUT2D eigenvalue weighted by atomic mass is 10.0. The highest BCUT2D eigenvalue weighted by atomic mass is 35.5. The van der Waals surface area contributed by atoms with E-state index in [0.717, 1.165) is 11.1 Å². The normalized spacial score (nSPS) is 10.4. The first-order valence-electron chi connectivity index (χ1n) is 9.78. The molecule has 0 spiro atoms. The van der Waals surface area contributed by atoms with Gasteiger partial charge in [0, 0.05) is 6.20 Å². The quantitative estimate of drug-likeness (QED) is 0.260. The Labute approximate surface area is 191 Å². The number of rotatable bonds is 9. The van der Waals surface area contributed by atoms with Crippen molar-refractivity contribution < 1.29 is 28.5 Å². The molecule has 3 aromatic rings. The van der Waals surface area contributed by atoms with Gasteiger partial charge in [0.05, 0.1) is 34.0 Å². The van der Waals surface area contributed by atoms with Crippen LogP contribution in [-0.2, 0) is 12.8 Å². The zero-order valence-corrected chi connectivity index (χ0v) is 19.1. The Morgan fingerprint density at radius 1 is 0.781 bits per heavy atom. The number of ether oxygens (including phenoxy) is 5. The molecule has 1 heterocycles. The smallest absolute Gasteiger partial charge is 0.345 e. The first kappa shape index (κ1) is 23.2. The molecule has 0 bridgehead atoms. The van der Waals surface area contributed by atoms with E-state index in [0.29, 0.717) is 52.3 Å². The number of pyridine rings is 1. The summed E-state index contributed by atoms with van der Waals surface area (Å²) in [5.41, 5.74) is 2.27. The van der Waals surface area contributed by atoms with Crippen molar-refractivity contribution in [1.29, 1.82) is 0 Å². The Morgan fingerprint density at radius 3 is 1.97 bits per heavy atom. The zero-order chi connectivity index (χ0) is 23.1. The van der Waals surface area contributed by atoms with Crippen molar-refractivity contribution in [1.82, 2.24) is 4.98 Å². The second kappa shape index (κ2) is 10.7. The SMILES string of the molecule is COc1ccc(CCc2cc(OC)c(OC)c(OC)c2)cc1OC(=O)c1ccc(Cl)nc1. The van der Waals surface area contributed by atoms with Crippen molar-refractivity contribution in [3.63, 3.8) is 0 Å². The van der Waals surface area contributed by atoms with E-state index in [-0.39, 0.29) is 0 Å². The van der Waals surface area contributed by atoms with Crippen molar-refractivity contribution >= 4 is 17.6 Å². The minimum atomic E-state index is -0.547. The van der Waals surface area contributed by atoms with E-state index in [1.807, 2.05) is 18.2 Å². The predicted octanol–water partition coefficient (Wildman–Crippen LogP) is 4.77. The molecule has 168 valence electrons. The maximum Gasteiger partial charge on any atom is 0.345 e. The van der Waals surface area contributed by atoms with Crippen molar-refractivity contribution in [2.75, 3.05) is 28.4 Å². The number of aryl methyl sites for hydroxylation is 2. The number of esters is 1. The average molecular weight is 458 g/mol. The molecule has 0 N–H and O–H groups in total. The molecule has 0 saturated heterocycles. The highest BCUT2D eigenvalue weighted by molar-refractivity contribution is 6.29. The van der Waals surface area contributed by atoms with Gasteiger partial charge >= 0.3 is 5.97 Å². The number of hydrogen-bond donors (Lipinski definition) is 0. The molecule has 8 heteroatoms. The van der Waals surface area contributed by atoms with Gasteiger partial charge in [-0.05, 0) is 60.4 Å². The van der Waals surface area contributed by atoms with Crippen LogP contribution in [0.4, 0.5) is 0 Å². The molecule has 0 atom stereocenters. The van der Waals surface area contributed by atoms with Gasteiger partial charge in [-0.15, -0.1) is 0 Å². The summed E-state index contributed by atoms with van der Waals surface area (Å²) in [5, 5.41) is 0.299. The van der Waals surface area contributed by atoms with Gasteiger partial charge in [-0.1, -0.05) is 17.7 Å². The summed E-state index contributed by atoms with van der Waals surface area (Å²) in [6.07, 6.45) is 2.76. The Bertz CT molecular complexity index is 1060. The molecule has 1 aromatic heterocycles. The second-order valence-electron chi connectivity index (χ2n) is 6.78. The number of benzene rings is 2. The summed E-state index contributed by atoms with van der Waals surface area (Å²) in [6, 6.07) is 12.4. The van der Waals surface area contributed by atoms with E-state index in [2.05, 4.69) is 4.98 Å². The van der Waals surface area contributed by atoms with E-state index in [1.54, 1.807) is 39.5 Å². The topological polar surface area (TPSA) is 76.1 Å². The van der Waals surface area contributed by atoms with E-state index >= 15 is 0 Å². The van der Waals surface area contributed by atoms with Gasteiger partial charge < -0.3 is 23.7 Å². The molecule has 0 unspecified atom stereocenters. The summed E-state index contributed by atoms with van der Waals surface area (Å²) in [6.45, 7) is 0. The van der Waals surface area contributed by atoms with Crippen molar-refractivity contribution in [3.05, 3.63) is 70.5 Å². The van der Waals surface area contributed by atoms with Crippen molar-refractivity contribution in [3.8, 4) is 28.7 Å². The van der Waals surface area contributed by atoms with Crippen LogP contribution in [0.15, 0.2) is 48.7 Å². The van der Waals surface area contributed by atoms with Crippen LogP contribution >= 0.6 is 11.6 Å². The summed E-state index contributed by atoms with van der Waals surface area (Å²) in [7, 11) is 6.26. The highest BCUT2D eigenvalue weighted by Gasteiger charge is 2.15. The molecule has 0 fully saturated rings. The fraction of sp³-hybridized carbons (Fsp3) is 0.250. The molecule has 2 aromatic carbocycles. The molecule has 0 radical (unpaired) electrons. The second-order valence-corrected chi connectivity index (χ2v) is 7.17. The molecule has 0 aliphatic carbocycles. The van der Waals surface area contributed by atoms with Gasteiger partial charge in [0.25, 0.3) is 0 Å². The number of carbonyl (C=O) groups is 1. The standard InChI is InChI=1S/C24H24ClNO6/c1-28-18-9-7-15(11-19(18)32-24(27)17-8-10-22(25)26-14-17)5-6-16-12-20(29-2)23(31-4)21(13-16)30-3/h7-14H,5-6H2,1-4H3. The molecule has 0 aliphatic heterocycles. The molecular weight excluding hydrogens is 434 g/mol. The van der Waals surface area contributed by atoms with Gasteiger partial charge in [0.15, 0.2) is 23.0 Å².